The van der Waals surface area contributed by atoms with Gasteiger partial charge in [0.1, 0.15) is 24.4 Å². The molecule has 1 fully saturated rings. The van der Waals surface area contributed by atoms with Crippen LogP contribution >= 0.6 is 0 Å². The van der Waals surface area contributed by atoms with Crippen LogP contribution in [0.1, 0.15) is 219 Å². The van der Waals surface area contributed by atoms with Crippen molar-refractivity contribution in [2.75, 3.05) is 13.2 Å². The number of aliphatic hydroxyl groups is 4. The predicted octanol–water partition coefficient (Wildman–Crippen LogP) is 9.55. The van der Waals surface area contributed by atoms with Crippen molar-refractivity contribution in [3.63, 3.8) is 0 Å². The summed E-state index contributed by atoms with van der Waals surface area (Å²) < 4.78 is 47.6. The summed E-state index contributed by atoms with van der Waals surface area (Å²) in [6.45, 7) is 3.43. The zero-order valence-corrected chi connectivity index (χ0v) is 38.1. The van der Waals surface area contributed by atoms with E-state index in [2.05, 4.69) is 35.5 Å². The molecule has 7 atom stereocenters. The van der Waals surface area contributed by atoms with Gasteiger partial charge in [0.25, 0.3) is 0 Å². The Hall–Kier alpha value is -1.16. The van der Waals surface area contributed by atoms with Gasteiger partial charge in [-0.05, 0) is 38.5 Å². The molecule has 0 saturated carbocycles. The zero-order chi connectivity index (χ0) is 43.4. The topological polar surface area (TPSA) is 192 Å². The summed E-state index contributed by atoms with van der Waals surface area (Å²) >= 11 is 0. The van der Waals surface area contributed by atoms with Crippen LogP contribution < -0.4 is 5.32 Å². The van der Waals surface area contributed by atoms with Crippen molar-refractivity contribution in [3.8, 4) is 0 Å². The second-order valence-corrected chi connectivity index (χ2v) is 18.1. The normalized spacial score (nSPS) is 21.0. The smallest absolute Gasteiger partial charge is 0.394 e. The van der Waals surface area contributed by atoms with Crippen molar-refractivity contribution in [2.45, 2.75) is 262 Å². The number of ether oxygens (including phenoxy) is 2. The molecule has 350 valence electrons. The zero-order valence-electron chi connectivity index (χ0n) is 37.3. The summed E-state index contributed by atoms with van der Waals surface area (Å²) in [5.74, 6) is -0.234. The van der Waals surface area contributed by atoms with Crippen LogP contribution in [0.25, 0.3) is 0 Å². The Labute approximate surface area is 360 Å². The molecule has 6 N–H and O–H groups in total. The van der Waals surface area contributed by atoms with E-state index in [4.69, 9.17) is 9.47 Å². The van der Waals surface area contributed by atoms with Gasteiger partial charge in [0.05, 0.1) is 25.4 Å². The molecule has 0 bridgehead atoms. The maximum atomic E-state index is 13.0. The van der Waals surface area contributed by atoms with Crippen molar-refractivity contribution >= 4 is 16.3 Å². The number of carbonyl (C=O) groups is 1. The standard InChI is InChI=1S/C46H89NO11S/c1-3-5-7-9-11-13-15-16-17-18-19-20-21-22-23-24-25-26-28-30-32-34-36-42(50)47-39(40(49)35-33-31-29-27-14-12-10-8-6-4-2)38-56-46-44(52)45(58-59(53,54)55)43(51)41(37-48)57-46/h21-22,39-41,43-46,48-49,51-52H,3-20,23-38H2,1-2H3,(H,47,50)(H,53,54,55)/b22-21-. The number of unbranched alkanes of at least 4 members (excludes halogenated alkanes) is 27. The first-order chi connectivity index (χ1) is 28.5. The van der Waals surface area contributed by atoms with Crippen LogP contribution in [0, 0.1) is 0 Å². The Bertz CT molecular complexity index is 1110. The highest BCUT2D eigenvalue weighted by molar-refractivity contribution is 7.80. The molecule has 0 radical (unpaired) electrons. The number of aliphatic hydroxyl groups excluding tert-OH is 4. The average molecular weight is 864 g/mol. The van der Waals surface area contributed by atoms with Crippen LogP contribution in [0.3, 0.4) is 0 Å². The van der Waals surface area contributed by atoms with Gasteiger partial charge in [-0.2, -0.15) is 8.42 Å². The Morgan fingerprint density at radius 1 is 0.661 bits per heavy atom. The molecular weight excluding hydrogens is 775 g/mol. The number of allylic oxidation sites excluding steroid dienone is 2. The van der Waals surface area contributed by atoms with E-state index in [1.54, 1.807) is 0 Å². The number of rotatable bonds is 41. The van der Waals surface area contributed by atoms with E-state index >= 15 is 0 Å². The summed E-state index contributed by atoms with van der Waals surface area (Å²) in [5, 5.41) is 44.8. The molecule has 0 spiro atoms. The fourth-order valence-electron chi connectivity index (χ4n) is 7.81. The minimum atomic E-state index is -5.07. The van der Waals surface area contributed by atoms with Crippen LogP contribution in [-0.2, 0) is 28.9 Å². The van der Waals surface area contributed by atoms with Crippen molar-refractivity contribution in [1.29, 1.82) is 0 Å². The second kappa shape index (κ2) is 37.4. The number of amides is 1. The Balaban J connectivity index is 2.39. The fourth-order valence-corrected chi connectivity index (χ4v) is 8.32. The third kappa shape index (κ3) is 30.5. The summed E-state index contributed by atoms with van der Waals surface area (Å²) in [6, 6.07) is -0.856. The van der Waals surface area contributed by atoms with Crippen LogP contribution in [0.15, 0.2) is 12.2 Å². The average Bonchev–Trinajstić information content (AvgIpc) is 3.20. The maximum absolute atomic E-state index is 13.0. The van der Waals surface area contributed by atoms with Crippen molar-refractivity contribution in [1.82, 2.24) is 5.32 Å². The summed E-state index contributed by atoms with van der Waals surface area (Å²) in [7, 11) is -5.07. The van der Waals surface area contributed by atoms with Gasteiger partial charge in [0, 0.05) is 6.42 Å². The first kappa shape index (κ1) is 55.9. The Morgan fingerprint density at radius 3 is 1.53 bits per heavy atom. The first-order valence-electron chi connectivity index (χ1n) is 24.1. The van der Waals surface area contributed by atoms with E-state index in [0.717, 1.165) is 51.4 Å². The van der Waals surface area contributed by atoms with Crippen LogP contribution in [-0.4, -0.2) is 95.4 Å². The third-order valence-electron chi connectivity index (χ3n) is 11.6. The van der Waals surface area contributed by atoms with Gasteiger partial charge in [-0.25, -0.2) is 4.18 Å². The predicted molar refractivity (Wildman–Crippen MR) is 236 cm³/mol. The second-order valence-electron chi connectivity index (χ2n) is 17.0. The van der Waals surface area contributed by atoms with Gasteiger partial charge >= 0.3 is 10.4 Å². The van der Waals surface area contributed by atoms with E-state index in [1.807, 2.05) is 0 Å². The lowest BCUT2D eigenvalue weighted by molar-refractivity contribution is -0.298. The van der Waals surface area contributed by atoms with Gasteiger partial charge in [0.2, 0.25) is 5.91 Å². The lowest BCUT2D eigenvalue weighted by atomic mass is 9.99. The van der Waals surface area contributed by atoms with Crippen LogP contribution in [0.4, 0.5) is 0 Å². The van der Waals surface area contributed by atoms with Gasteiger partial charge < -0.3 is 35.2 Å². The van der Waals surface area contributed by atoms with E-state index in [9.17, 15) is 38.2 Å². The van der Waals surface area contributed by atoms with Crippen molar-refractivity contribution in [3.05, 3.63) is 12.2 Å². The molecule has 12 nitrogen and oxygen atoms in total. The highest BCUT2D eigenvalue weighted by atomic mass is 32.3. The number of nitrogens with one attached hydrogen (secondary N) is 1. The number of hydrogen-bond acceptors (Lipinski definition) is 10. The number of hydrogen-bond donors (Lipinski definition) is 6. The molecule has 7 unspecified atom stereocenters. The molecule has 1 amide bonds. The van der Waals surface area contributed by atoms with Crippen LogP contribution in [0.5, 0.6) is 0 Å². The molecule has 1 rings (SSSR count). The SMILES string of the molecule is CCCCCCCCCCCCC/C=C\CCCCCCCCCC(=O)NC(COC1OC(CO)C(O)C(OS(=O)(=O)O)C1O)C(O)CCCCCCCCCCCC. The van der Waals surface area contributed by atoms with Gasteiger partial charge in [-0.15, -0.1) is 0 Å². The molecule has 0 aromatic heterocycles. The molecule has 1 aliphatic heterocycles. The van der Waals surface area contributed by atoms with Crippen LogP contribution in [0.2, 0.25) is 0 Å². The largest absolute Gasteiger partial charge is 0.397 e. The minimum absolute atomic E-state index is 0.234. The van der Waals surface area contributed by atoms with Crippen molar-refractivity contribution in [2.24, 2.45) is 0 Å². The van der Waals surface area contributed by atoms with E-state index in [-0.39, 0.29) is 18.9 Å². The van der Waals surface area contributed by atoms with E-state index in [0.29, 0.717) is 12.8 Å². The highest BCUT2D eigenvalue weighted by Crippen LogP contribution is 2.26. The van der Waals surface area contributed by atoms with Crippen molar-refractivity contribution < 1.29 is 51.8 Å². The highest BCUT2D eigenvalue weighted by Gasteiger charge is 2.48. The molecule has 1 heterocycles. The van der Waals surface area contributed by atoms with E-state index in [1.165, 1.54) is 135 Å². The molecule has 1 aliphatic rings. The lowest BCUT2D eigenvalue weighted by Crippen LogP contribution is -2.61. The molecule has 0 aromatic carbocycles. The summed E-state index contributed by atoms with van der Waals surface area (Å²) in [4.78, 5) is 13.0. The summed E-state index contributed by atoms with van der Waals surface area (Å²) in [5.41, 5.74) is 0. The Morgan fingerprint density at radius 2 is 1.08 bits per heavy atom. The molecule has 1 saturated heterocycles. The molecule has 0 aromatic rings. The minimum Gasteiger partial charge on any atom is -0.394 e. The fraction of sp³-hybridized carbons (Fsp3) is 0.935. The molecule has 59 heavy (non-hydrogen) atoms. The maximum Gasteiger partial charge on any atom is 0.397 e. The van der Waals surface area contributed by atoms with Gasteiger partial charge in [-0.3, -0.25) is 9.35 Å². The third-order valence-corrected chi connectivity index (χ3v) is 12.0. The number of carbonyl (C=O) groups excluding carboxylic acids is 1. The first-order valence-corrected chi connectivity index (χ1v) is 25.4. The van der Waals surface area contributed by atoms with Gasteiger partial charge in [-0.1, -0.05) is 187 Å². The molecular formula is C46H89NO11S. The Kier molecular flexibility index (Phi) is 35.4. The molecule has 0 aliphatic carbocycles. The molecule has 13 heteroatoms. The monoisotopic (exact) mass is 864 g/mol. The van der Waals surface area contributed by atoms with E-state index < -0.39 is 59.9 Å². The summed E-state index contributed by atoms with van der Waals surface area (Å²) in [6.07, 6.45) is 32.3. The van der Waals surface area contributed by atoms with Gasteiger partial charge in [0.15, 0.2) is 6.29 Å². The quantitative estimate of drug-likeness (QED) is 0.0195. The lowest BCUT2D eigenvalue weighted by Gasteiger charge is -2.41.